The van der Waals surface area contributed by atoms with Gasteiger partial charge in [-0.1, -0.05) is 36.2 Å². The van der Waals surface area contributed by atoms with Crippen LogP contribution in [0.3, 0.4) is 0 Å². The average Bonchev–Trinajstić information content (AvgIpc) is 3.33. The number of carbonyl (C=O) groups excluding carboxylic acids is 1. The Hall–Kier alpha value is -1.69. The van der Waals surface area contributed by atoms with Gasteiger partial charge in [0.1, 0.15) is 19.8 Å². The second-order valence-electron chi connectivity index (χ2n) is 9.33. The van der Waals surface area contributed by atoms with Crippen molar-refractivity contribution in [2.75, 3.05) is 39.5 Å². The number of ketones is 1. The molecular formula is C26H33Cl2NO4. The highest BCUT2D eigenvalue weighted by molar-refractivity contribution is 6.40. The second kappa shape index (κ2) is 11.6. The van der Waals surface area contributed by atoms with E-state index in [1.807, 2.05) is 13.0 Å². The first-order valence-electron chi connectivity index (χ1n) is 12.0. The Kier molecular flexibility index (Phi) is 8.61. The minimum absolute atomic E-state index is 0.0711. The Morgan fingerprint density at radius 1 is 1.18 bits per heavy atom. The summed E-state index contributed by atoms with van der Waals surface area (Å²) in [5, 5.41) is 1.15. The smallest absolute Gasteiger partial charge is 0.170 e. The van der Waals surface area contributed by atoms with E-state index in [4.69, 9.17) is 37.4 Å². The molecule has 33 heavy (non-hydrogen) atoms. The molecule has 0 radical (unpaired) electrons. The molecule has 0 saturated carbocycles. The summed E-state index contributed by atoms with van der Waals surface area (Å²) >= 11 is 12.4. The zero-order valence-electron chi connectivity index (χ0n) is 19.3. The Labute approximate surface area is 206 Å². The van der Waals surface area contributed by atoms with Crippen molar-refractivity contribution in [3.8, 4) is 11.5 Å². The summed E-state index contributed by atoms with van der Waals surface area (Å²) in [6.45, 7) is 6.59. The van der Waals surface area contributed by atoms with Gasteiger partial charge in [-0.3, -0.25) is 4.79 Å². The van der Waals surface area contributed by atoms with Gasteiger partial charge in [-0.05, 0) is 75.0 Å². The number of carbonyl (C=O) groups is 1. The molecule has 0 aromatic heterocycles. The predicted octanol–water partition coefficient (Wildman–Crippen LogP) is 5.69. The van der Waals surface area contributed by atoms with E-state index >= 15 is 0 Å². The van der Waals surface area contributed by atoms with Crippen molar-refractivity contribution in [1.29, 1.82) is 0 Å². The van der Waals surface area contributed by atoms with E-state index in [0.717, 1.165) is 49.7 Å². The molecule has 1 fully saturated rings. The zero-order chi connectivity index (χ0) is 23.2. The number of ether oxygens (including phenoxy) is 3. The van der Waals surface area contributed by atoms with Crippen LogP contribution in [0.1, 0.15) is 44.6 Å². The van der Waals surface area contributed by atoms with E-state index in [0.29, 0.717) is 36.1 Å². The Morgan fingerprint density at radius 3 is 2.70 bits per heavy atom. The van der Waals surface area contributed by atoms with Crippen molar-refractivity contribution in [3.63, 3.8) is 0 Å². The van der Waals surface area contributed by atoms with Crippen LogP contribution in [0.5, 0.6) is 11.5 Å². The lowest BCUT2D eigenvalue weighted by molar-refractivity contribution is -0.123. The molecule has 0 bridgehead atoms. The number of rotatable bonds is 10. The van der Waals surface area contributed by atoms with Crippen molar-refractivity contribution in [1.82, 2.24) is 4.90 Å². The zero-order valence-corrected chi connectivity index (χ0v) is 20.8. The summed E-state index contributed by atoms with van der Waals surface area (Å²) < 4.78 is 17.2. The first kappa shape index (κ1) is 24.4. The summed E-state index contributed by atoms with van der Waals surface area (Å²) in [4.78, 5) is 15.4. The minimum Gasteiger partial charge on any atom is -0.490 e. The SMILES string of the molecule is CC1CC(OCC(=O)CC(CCN2CCCC2)Cc2ccc3c(c2)OCCO3)=CC(Cl)=C1Cl. The fourth-order valence-electron chi connectivity index (χ4n) is 4.75. The molecule has 4 rings (SSSR count). The Bertz CT molecular complexity index is 908. The monoisotopic (exact) mass is 493 g/mol. The van der Waals surface area contributed by atoms with Crippen LogP contribution in [0.4, 0.5) is 0 Å². The van der Waals surface area contributed by atoms with Crippen LogP contribution in [0.15, 0.2) is 40.1 Å². The number of likely N-dealkylation sites (tertiary alicyclic amines) is 1. The first-order chi connectivity index (χ1) is 16.0. The van der Waals surface area contributed by atoms with Crippen LogP contribution in [-0.4, -0.2) is 50.1 Å². The molecule has 0 spiro atoms. The van der Waals surface area contributed by atoms with Gasteiger partial charge in [-0.15, -0.1) is 0 Å². The van der Waals surface area contributed by atoms with Crippen LogP contribution >= 0.6 is 23.2 Å². The normalized spacial score (nSPS) is 21.7. The van der Waals surface area contributed by atoms with Gasteiger partial charge < -0.3 is 19.1 Å². The fraction of sp³-hybridized carbons (Fsp3) is 0.577. The first-order valence-corrected chi connectivity index (χ1v) is 12.7. The number of nitrogens with zero attached hydrogens (tertiary/aromatic N) is 1. The third-order valence-corrected chi connectivity index (χ3v) is 7.56. The number of benzene rings is 1. The van der Waals surface area contributed by atoms with Gasteiger partial charge in [0.2, 0.25) is 0 Å². The maximum Gasteiger partial charge on any atom is 0.170 e. The number of hydrogen-bond donors (Lipinski definition) is 0. The van der Waals surface area contributed by atoms with Gasteiger partial charge in [-0.2, -0.15) is 0 Å². The molecule has 0 amide bonds. The van der Waals surface area contributed by atoms with Crippen molar-refractivity contribution in [2.24, 2.45) is 11.8 Å². The predicted molar refractivity (Wildman–Crippen MR) is 131 cm³/mol. The van der Waals surface area contributed by atoms with Crippen LogP contribution in [0.2, 0.25) is 0 Å². The molecule has 2 heterocycles. The van der Waals surface area contributed by atoms with Crippen LogP contribution in [-0.2, 0) is 16.0 Å². The Balaban J connectivity index is 1.35. The maximum absolute atomic E-state index is 12.9. The molecule has 1 saturated heterocycles. The minimum atomic E-state index is 0.0711. The molecule has 1 aromatic carbocycles. The molecule has 1 aliphatic carbocycles. The lowest BCUT2D eigenvalue weighted by atomic mass is 9.91. The molecular weight excluding hydrogens is 461 g/mol. The number of allylic oxidation sites excluding steroid dienone is 4. The third kappa shape index (κ3) is 6.91. The van der Waals surface area contributed by atoms with E-state index < -0.39 is 0 Å². The molecule has 2 aliphatic heterocycles. The lowest BCUT2D eigenvalue weighted by Gasteiger charge is -2.23. The summed E-state index contributed by atoms with van der Waals surface area (Å²) in [6.07, 6.45) is 7.26. The molecule has 2 unspecified atom stereocenters. The van der Waals surface area contributed by atoms with Gasteiger partial charge in [0, 0.05) is 23.8 Å². The van der Waals surface area contributed by atoms with Crippen LogP contribution in [0, 0.1) is 11.8 Å². The lowest BCUT2D eigenvalue weighted by Crippen LogP contribution is -2.25. The number of halogens is 2. The van der Waals surface area contributed by atoms with Gasteiger partial charge in [0.25, 0.3) is 0 Å². The highest BCUT2D eigenvalue weighted by Crippen LogP contribution is 2.34. The molecule has 3 aliphatic rings. The summed E-state index contributed by atoms with van der Waals surface area (Å²) in [7, 11) is 0. The standard InChI is InChI=1S/C26H33Cl2NO4/c1-18-12-22(16-23(27)26(18)28)33-17-21(30)14-20(6-9-29-7-2-3-8-29)13-19-4-5-24-25(15-19)32-11-10-31-24/h4-5,15-16,18,20H,2-3,6-14,17H2,1H3. The quantitative estimate of drug-likeness (QED) is 0.418. The molecule has 7 heteroatoms. The summed E-state index contributed by atoms with van der Waals surface area (Å²) in [5.41, 5.74) is 1.18. The third-order valence-electron chi connectivity index (χ3n) is 6.57. The highest BCUT2D eigenvalue weighted by atomic mass is 35.5. The highest BCUT2D eigenvalue weighted by Gasteiger charge is 2.22. The van der Waals surface area contributed by atoms with Crippen LogP contribution < -0.4 is 9.47 Å². The van der Waals surface area contributed by atoms with Crippen molar-refractivity contribution < 1.29 is 19.0 Å². The second-order valence-corrected chi connectivity index (χ2v) is 10.1. The van der Waals surface area contributed by atoms with E-state index in [2.05, 4.69) is 17.0 Å². The molecule has 180 valence electrons. The maximum atomic E-state index is 12.9. The molecule has 0 N–H and O–H groups in total. The number of fused-ring (bicyclic) bond motifs is 1. The van der Waals surface area contributed by atoms with E-state index in [1.165, 1.54) is 18.4 Å². The number of hydrogen-bond acceptors (Lipinski definition) is 5. The van der Waals surface area contributed by atoms with Gasteiger partial charge >= 0.3 is 0 Å². The average molecular weight is 494 g/mol. The van der Waals surface area contributed by atoms with Crippen LogP contribution in [0.25, 0.3) is 0 Å². The fourth-order valence-corrected chi connectivity index (χ4v) is 5.19. The van der Waals surface area contributed by atoms with Gasteiger partial charge in [-0.25, -0.2) is 0 Å². The van der Waals surface area contributed by atoms with Crippen molar-refractivity contribution >= 4 is 29.0 Å². The van der Waals surface area contributed by atoms with Gasteiger partial charge in [0.05, 0.1) is 10.8 Å². The van der Waals surface area contributed by atoms with E-state index in [1.54, 1.807) is 6.08 Å². The van der Waals surface area contributed by atoms with Crippen molar-refractivity contribution in [2.45, 2.75) is 45.4 Å². The van der Waals surface area contributed by atoms with E-state index in [-0.39, 0.29) is 24.2 Å². The molecule has 1 aromatic rings. The Morgan fingerprint density at radius 2 is 1.94 bits per heavy atom. The number of Topliss-reactive ketones (excluding diaryl/α,β-unsaturated/α-hetero) is 1. The summed E-state index contributed by atoms with van der Waals surface area (Å²) in [6, 6.07) is 6.12. The van der Waals surface area contributed by atoms with Crippen molar-refractivity contribution in [3.05, 3.63) is 45.7 Å². The molecule has 5 nitrogen and oxygen atoms in total. The summed E-state index contributed by atoms with van der Waals surface area (Å²) in [5.74, 6) is 2.80. The van der Waals surface area contributed by atoms with E-state index in [9.17, 15) is 4.79 Å². The molecule has 2 atom stereocenters. The largest absolute Gasteiger partial charge is 0.490 e. The van der Waals surface area contributed by atoms with Gasteiger partial charge in [0.15, 0.2) is 17.3 Å². The topological polar surface area (TPSA) is 48.0 Å².